The molecule has 0 spiro atoms. The van der Waals surface area contributed by atoms with E-state index in [4.69, 9.17) is 5.11 Å². The Hall–Kier alpha value is -0.360. The molecule has 1 aliphatic rings. The number of aliphatic hydroxyl groups is 1. The molecule has 0 aliphatic carbocycles. The first-order valence-corrected chi connectivity index (χ1v) is 2.92. The van der Waals surface area contributed by atoms with Crippen molar-refractivity contribution in [1.29, 1.82) is 0 Å². The number of halogens is 4. The Balaban J connectivity index is 2.49. The Kier molecular flexibility index (Phi) is 1.84. The molecule has 66 valence electrons. The molecule has 0 amide bonds. The summed E-state index contributed by atoms with van der Waals surface area (Å²) in [4.78, 5) is 0. The first-order valence-electron chi connectivity index (χ1n) is 2.92. The van der Waals surface area contributed by atoms with Crippen molar-refractivity contribution < 1.29 is 27.4 Å². The maximum Gasteiger partial charge on any atom is 0.448 e. The summed E-state index contributed by atoms with van der Waals surface area (Å²) in [5.74, 6) is -4.10. The molecule has 11 heavy (non-hydrogen) atoms. The summed E-state index contributed by atoms with van der Waals surface area (Å²) in [6.45, 7) is 0.0856. The van der Waals surface area contributed by atoms with Gasteiger partial charge in [-0.3, -0.25) is 0 Å². The summed E-state index contributed by atoms with van der Waals surface area (Å²) >= 11 is 0. The third kappa shape index (κ3) is 2.03. The van der Waals surface area contributed by atoms with Gasteiger partial charge in [0.1, 0.15) is 0 Å². The van der Waals surface area contributed by atoms with Gasteiger partial charge in [-0.05, 0) is 0 Å². The van der Waals surface area contributed by atoms with E-state index in [0.29, 0.717) is 0 Å². The molecule has 1 aliphatic heterocycles. The summed E-state index contributed by atoms with van der Waals surface area (Å²) in [5.41, 5.74) is 0. The Morgan fingerprint density at radius 1 is 1.36 bits per heavy atom. The van der Waals surface area contributed by atoms with Crippen LogP contribution in [-0.4, -0.2) is 29.8 Å². The van der Waals surface area contributed by atoms with Crippen LogP contribution in [0.4, 0.5) is 17.6 Å². The van der Waals surface area contributed by atoms with Crippen LogP contribution in [0.25, 0.3) is 0 Å². The molecule has 0 saturated carbocycles. The number of hydrogen-bond acceptors (Lipinski definition) is 2. The Labute approximate surface area is 59.8 Å². The molecule has 0 aromatic rings. The molecule has 2 nitrogen and oxygen atoms in total. The highest BCUT2D eigenvalue weighted by Gasteiger charge is 2.57. The minimum atomic E-state index is -5.22. The lowest BCUT2D eigenvalue weighted by Gasteiger charge is -2.20. The largest absolute Gasteiger partial charge is 0.448 e. The van der Waals surface area contributed by atoms with Crippen molar-refractivity contribution in [2.24, 2.45) is 0 Å². The monoisotopic (exact) mass is 174 g/mol. The van der Waals surface area contributed by atoms with Crippen molar-refractivity contribution in [3.63, 3.8) is 0 Å². The first-order chi connectivity index (χ1) is 4.83. The second-order valence-corrected chi connectivity index (χ2v) is 2.42. The molecular weight excluding hydrogens is 168 g/mol. The van der Waals surface area contributed by atoms with Crippen molar-refractivity contribution in [2.45, 2.75) is 24.6 Å². The van der Waals surface area contributed by atoms with Gasteiger partial charge in [-0.2, -0.15) is 13.2 Å². The minimum Gasteiger partial charge on any atom is -0.373 e. The molecule has 1 heterocycles. The third-order valence-corrected chi connectivity index (χ3v) is 1.33. The smallest absolute Gasteiger partial charge is 0.373 e. The fraction of sp³-hybridized carbons (Fsp3) is 1.00. The lowest BCUT2D eigenvalue weighted by atomic mass is 10.1. The van der Waals surface area contributed by atoms with Gasteiger partial charge < -0.3 is 9.84 Å². The summed E-state index contributed by atoms with van der Waals surface area (Å²) < 4.78 is 51.2. The topological polar surface area (TPSA) is 32.8 Å². The van der Waals surface area contributed by atoms with Crippen molar-refractivity contribution >= 4 is 0 Å². The zero-order valence-corrected chi connectivity index (χ0v) is 5.36. The fourth-order valence-electron chi connectivity index (χ4n) is 0.603. The van der Waals surface area contributed by atoms with E-state index in [1.165, 1.54) is 0 Å². The van der Waals surface area contributed by atoms with Gasteiger partial charge in [-0.25, -0.2) is 4.39 Å². The predicted molar refractivity (Wildman–Crippen MR) is 26.5 cm³/mol. The van der Waals surface area contributed by atoms with E-state index in [1.807, 2.05) is 0 Å². The van der Waals surface area contributed by atoms with Crippen LogP contribution in [0.15, 0.2) is 0 Å². The van der Waals surface area contributed by atoms with Crippen LogP contribution in [0, 0.1) is 0 Å². The molecule has 1 N–H and O–H groups in total. The van der Waals surface area contributed by atoms with Gasteiger partial charge in [-0.1, -0.05) is 0 Å². The highest BCUT2D eigenvalue weighted by atomic mass is 19.4. The molecule has 0 aromatic heterocycles. The van der Waals surface area contributed by atoms with Gasteiger partial charge >= 0.3 is 12.0 Å². The highest BCUT2D eigenvalue weighted by molar-refractivity contribution is 4.83. The third-order valence-electron chi connectivity index (χ3n) is 1.33. The molecule has 0 radical (unpaired) electrons. The van der Waals surface area contributed by atoms with Crippen LogP contribution in [0.1, 0.15) is 6.42 Å². The van der Waals surface area contributed by atoms with Gasteiger partial charge in [0.2, 0.25) is 0 Å². The minimum absolute atomic E-state index is 0.0856. The van der Waals surface area contributed by atoms with Crippen molar-refractivity contribution in [2.75, 3.05) is 6.61 Å². The zero-order chi connectivity index (χ0) is 8.70. The lowest BCUT2D eigenvalue weighted by molar-refractivity contribution is -0.318. The lowest BCUT2D eigenvalue weighted by Crippen LogP contribution is -2.41. The molecule has 2 unspecified atom stereocenters. The van der Waals surface area contributed by atoms with Crippen LogP contribution in [0.3, 0.4) is 0 Å². The van der Waals surface area contributed by atoms with Gasteiger partial charge in [0.05, 0.1) is 12.7 Å². The van der Waals surface area contributed by atoms with Crippen LogP contribution in [-0.2, 0) is 4.74 Å². The summed E-state index contributed by atoms with van der Waals surface area (Å²) in [6.07, 6.45) is -7.04. The molecule has 2 atom stereocenters. The van der Waals surface area contributed by atoms with E-state index in [2.05, 4.69) is 4.74 Å². The Morgan fingerprint density at radius 3 is 2.09 bits per heavy atom. The van der Waals surface area contributed by atoms with Gasteiger partial charge in [0.25, 0.3) is 0 Å². The molecule has 1 fully saturated rings. The molecule has 6 heteroatoms. The van der Waals surface area contributed by atoms with E-state index in [0.717, 1.165) is 0 Å². The quantitative estimate of drug-likeness (QED) is 0.500. The molecule has 0 aromatic carbocycles. The normalized spacial score (nSPS) is 29.7. The maximum atomic E-state index is 12.2. The van der Waals surface area contributed by atoms with Crippen LogP contribution in [0.5, 0.6) is 0 Å². The summed E-state index contributed by atoms with van der Waals surface area (Å²) in [6, 6.07) is 0. The number of epoxide rings is 1. The van der Waals surface area contributed by atoms with E-state index in [1.54, 1.807) is 0 Å². The van der Waals surface area contributed by atoms with Crippen molar-refractivity contribution in [3.05, 3.63) is 0 Å². The first kappa shape index (κ1) is 8.73. The van der Waals surface area contributed by atoms with Crippen molar-refractivity contribution in [1.82, 2.24) is 0 Å². The number of rotatable bonds is 2. The van der Waals surface area contributed by atoms with Crippen LogP contribution >= 0.6 is 0 Å². The second-order valence-electron chi connectivity index (χ2n) is 2.42. The maximum absolute atomic E-state index is 12.2. The van der Waals surface area contributed by atoms with Crippen molar-refractivity contribution in [3.8, 4) is 0 Å². The number of ether oxygens (including phenoxy) is 1. The van der Waals surface area contributed by atoms with E-state index >= 15 is 0 Å². The van der Waals surface area contributed by atoms with Gasteiger partial charge in [0.15, 0.2) is 0 Å². The molecular formula is C5H6F4O2. The zero-order valence-electron chi connectivity index (χ0n) is 5.36. The van der Waals surface area contributed by atoms with Gasteiger partial charge in [-0.15, -0.1) is 0 Å². The van der Waals surface area contributed by atoms with E-state index in [-0.39, 0.29) is 6.61 Å². The van der Waals surface area contributed by atoms with Crippen LogP contribution in [0.2, 0.25) is 0 Å². The Morgan fingerprint density at radius 2 is 1.82 bits per heavy atom. The second kappa shape index (κ2) is 2.31. The fourth-order valence-corrected chi connectivity index (χ4v) is 0.603. The Bertz CT molecular complexity index is 149. The molecule has 1 saturated heterocycles. The molecule has 0 bridgehead atoms. The summed E-state index contributed by atoms with van der Waals surface area (Å²) in [7, 11) is 0. The SMILES string of the molecule is OC(F)(CC1CO1)C(F)(F)F. The average Bonchev–Trinajstić information content (AvgIpc) is 2.45. The van der Waals surface area contributed by atoms with E-state index < -0.39 is 24.6 Å². The van der Waals surface area contributed by atoms with Gasteiger partial charge in [0, 0.05) is 6.42 Å². The summed E-state index contributed by atoms with van der Waals surface area (Å²) in [5, 5.41) is 8.19. The standard InChI is InChI=1S/C5H6F4O2/c6-4(10,5(7,8)9)1-3-2-11-3/h3,10H,1-2H2. The number of hydrogen-bond donors (Lipinski definition) is 1. The predicted octanol–water partition coefficient (Wildman–Crippen LogP) is 0.996. The average molecular weight is 174 g/mol. The highest BCUT2D eigenvalue weighted by Crippen LogP contribution is 2.37. The number of alkyl halides is 4. The molecule has 1 rings (SSSR count). The van der Waals surface area contributed by atoms with E-state index in [9.17, 15) is 17.6 Å². The van der Waals surface area contributed by atoms with Crippen LogP contribution < -0.4 is 0 Å².